The number of nitrogen functional groups attached to an aromatic ring is 1. The van der Waals surface area contributed by atoms with Crippen LogP contribution < -0.4 is 84.4 Å². The number of pyridine rings is 5. The quantitative estimate of drug-likeness (QED) is 0.00283. The second-order valence-corrected chi connectivity index (χ2v) is 29.3. The summed E-state index contributed by atoms with van der Waals surface area (Å²) in [5, 5.41) is 20.4. The Hall–Kier alpha value is -10.3. The molecule has 0 aromatic carbocycles. The van der Waals surface area contributed by atoms with Gasteiger partial charge in [0.1, 0.15) is 47.1 Å². The van der Waals surface area contributed by atoms with Crippen LogP contribution in [0.1, 0.15) is 141 Å². The van der Waals surface area contributed by atoms with Gasteiger partial charge in [-0.3, -0.25) is 50.2 Å². The fraction of sp³-hybridized carbons (Fsp3) is 0.514. The summed E-state index contributed by atoms with van der Waals surface area (Å²) in [6.45, 7) is 23.1. The maximum absolute atomic E-state index is 14.3. The number of azide groups is 1. The predicted octanol–water partition coefficient (Wildman–Crippen LogP) is 12.5. The first-order valence-electron chi connectivity index (χ1n) is 34.9. The molecule has 0 saturated carbocycles. The van der Waals surface area contributed by atoms with Crippen LogP contribution in [0.25, 0.3) is 26.4 Å². The summed E-state index contributed by atoms with van der Waals surface area (Å²) < 4.78 is 154. The van der Waals surface area contributed by atoms with Gasteiger partial charge in [-0.15, -0.1) is 11.5 Å². The number of rotatable bonds is 24. The Balaban J connectivity index is -0.000000690. The number of hydrogen-bond acceptors (Lipinski definition) is 21. The number of hydrogen-bond donors (Lipinski definition) is 7. The maximum atomic E-state index is 14.3. The van der Waals surface area contributed by atoms with Gasteiger partial charge in [-0.1, -0.05) is 65.5 Å². The summed E-state index contributed by atoms with van der Waals surface area (Å²) in [5.74, 6) is -4.88. The number of nitrogens with two attached hydrogens (primary N) is 1. The Labute approximate surface area is 736 Å². The fourth-order valence-corrected chi connectivity index (χ4v) is 8.77. The number of carbonyl (C=O) groups is 6. The summed E-state index contributed by atoms with van der Waals surface area (Å²) in [7, 11) is 0. The van der Waals surface area contributed by atoms with Crippen molar-refractivity contribution in [2.24, 2.45) is 5.11 Å². The van der Waals surface area contributed by atoms with E-state index in [-0.39, 0.29) is 135 Å². The van der Waals surface area contributed by atoms with E-state index in [0.717, 1.165) is 23.7 Å². The molecule has 49 heteroatoms. The molecule has 0 radical (unpaired) electrons. The summed E-state index contributed by atoms with van der Waals surface area (Å²) in [6, 6.07) is 6.14. The van der Waals surface area contributed by atoms with E-state index in [0.29, 0.717) is 18.4 Å². The SMILES string of the molecule is C.C#CC(=O)OCC.CC(C)(C)OC(=O)Nc1cc[nH]c(=O)c1F.CC(C)(C)OC(=O)Nc1ccn(CCC(F)CBr)c(=O)c1F.CC(C)(C)OC(=O)Nc1ccn(CCC(F)CN=[N+]=[N-])c(=O)c1F.CCOC(=O)c1cn(CC(F)CCn2ccc(NC(=O)OC(C)(C)C)c(F)c2=O)nn1.FC(CBr)CCBr.Nc1cc[nH]c(=O)c1F.[N-]=[N+]=[N-].[Na+]. The van der Waals surface area contributed by atoms with Crippen LogP contribution in [0.15, 0.2) is 96.6 Å². The van der Waals surface area contributed by atoms with Gasteiger partial charge in [-0.05, 0) is 158 Å². The number of nitrogens with zero attached hydrogens (tertiary/aromatic N) is 12. The van der Waals surface area contributed by atoms with Crippen molar-refractivity contribution >= 4 is 113 Å². The minimum atomic E-state index is -1.44. The molecule has 0 aliphatic rings. The first-order valence-corrected chi connectivity index (χ1v) is 38.3. The summed E-state index contributed by atoms with van der Waals surface area (Å²) in [5.41, 5.74) is 17.7. The zero-order valence-corrected chi connectivity index (χ0v) is 74.8. The van der Waals surface area contributed by atoms with Crippen molar-refractivity contribution in [3.63, 3.8) is 0 Å². The second-order valence-electron chi connectivity index (χ2n) is 27.2. The summed E-state index contributed by atoms with van der Waals surface area (Å²) in [4.78, 5) is 133. The van der Waals surface area contributed by atoms with Gasteiger partial charge in [-0.25, -0.2) is 51.0 Å². The molecule has 0 fully saturated rings. The third-order valence-corrected chi connectivity index (χ3v) is 14.5. The topological polar surface area (TPSA) is 502 Å². The zero-order valence-electron chi connectivity index (χ0n) is 68.1. The molecular formula is C72H98Br3F9N19NaO17. The van der Waals surface area contributed by atoms with Gasteiger partial charge in [0.2, 0.25) is 29.1 Å². The van der Waals surface area contributed by atoms with Crippen LogP contribution in [0.3, 0.4) is 0 Å². The smallest absolute Gasteiger partial charge is 0.461 e. The van der Waals surface area contributed by atoms with Gasteiger partial charge < -0.3 is 68.9 Å². The number of alkyl halides is 7. The number of H-pyrrole nitrogens is 2. The number of esters is 2. The van der Waals surface area contributed by atoms with Gasteiger partial charge in [0.05, 0.1) is 60.9 Å². The molecule has 121 heavy (non-hydrogen) atoms. The van der Waals surface area contributed by atoms with Crippen molar-refractivity contribution in [1.29, 1.82) is 0 Å². The van der Waals surface area contributed by atoms with E-state index in [1.165, 1.54) is 72.4 Å². The molecule has 0 spiro atoms. The van der Waals surface area contributed by atoms with Gasteiger partial charge in [0.15, 0.2) is 5.69 Å². The van der Waals surface area contributed by atoms with Crippen LogP contribution in [0.2, 0.25) is 0 Å². The average molecular weight is 1940 g/mol. The Kier molecular flexibility index (Phi) is 58.2. The van der Waals surface area contributed by atoms with Crippen LogP contribution in [0.5, 0.6) is 0 Å². The van der Waals surface area contributed by atoms with E-state index in [9.17, 15) is 92.3 Å². The number of amides is 4. The number of aromatic amines is 2. The molecule has 36 nitrogen and oxygen atoms in total. The average Bonchev–Trinajstić information content (AvgIpc) is 1.66. The largest absolute Gasteiger partial charge is 1.00 e. The van der Waals surface area contributed by atoms with Crippen LogP contribution >= 0.6 is 47.8 Å². The Bertz CT molecular complexity index is 4670. The summed E-state index contributed by atoms with van der Waals surface area (Å²) >= 11 is 9.14. The van der Waals surface area contributed by atoms with Gasteiger partial charge in [0.25, 0.3) is 27.8 Å². The van der Waals surface area contributed by atoms with Crippen molar-refractivity contribution in [3.8, 4) is 12.3 Å². The summed E-state index contributed by atoms with van der Waals surface area (Å²) in [6.07, 6.45) is 4.54. The van der Waals surface area contributed by atoms with Crippen LogP contribution in [-0.2, 0) is 59.4 Å². The number of carbonyl (C=O) groups excluding carboxylic acids is 6. The molecule has 4 atom stereocenters. The Morgan fingerprint density at radius 3 is 1.20 bits per heavy atom. The molecule has 4 amide bonds. The molecule has 6 aromatic heterocycles. The van der Waals surface area contributed by atoms with Crippen molar-refractivity contribution in [2.75, 3.05) is 62.7 Å². The number of nitrogens with one attached hydrogen (secondary N) is 6. The van der Waals surface area contributed by atoms with E-state index in [4.69, 9.17) is 46.0 Å². The van der Waals surface area contributed by atoms with Crippen LogP contribution in [0, 0.1) is 41.4 Å². The standard InChI is InChI=1S/C19H25F2N5O5.C14H19BrF2N2O3.C14H19F2N5O3.C10H13FN2O3.C5H5FN2O.C5H6O2.C4H7Br2F.CH4.N3.Na/c1-5-30-17(28)14-11-26(24-23-14)10-12(20)6-8-25-9-7-13(15(21)16(25)27)22-18(29)31-19(2,3)4;1-14(2,3)22-13(21)18-10-5-7-19(12(20)11(10)17)6-4-9(16)8-15;1-14(2,3)24-13(23)19-10-5-7-21(12(22)11(10)16)6-4-9(15)8-18-20-17;1-10(2,3)16-9(15)13-6-4-5-12-8(14)7(6)11;6-4-3(7)1-2-8-5(4)9;1-3-5(6)7-4-2;5-2-1-4(7)3-6;;1-3-2;/h7,9,11-12H,5-6,8,10H2,1-4H3,(H,22,29);5,7,9H,4,6,8H2,1-3H3,(H,18,21);5,7,9H,4,6,8H2,1-3H3,(H,19,23);4-5H,1-3H3,(H2,12,13,14,15);1-2H,(H3,7,8,9);1H,4H2,2H3;4H,1-3H2;1H4;;/q;;;;;;;;-1;+1. The molecule has 4 unspecified atom stereocenters. The molecule has 668 valence electrons. The monoisotopic (exact) mass is 1930 g/mol. The van der Waals surface area contributed by atoms with Crippen molar-refractivity contribution in [1.82, 2.24) is 38.7 Å². The van der Waals surface area contributed by atoms with E-state index >= 15 is 0 Å². The molecule has 8 N–H and O–H groups in total. The molecule has 0 saturated heterocycles. The first kappa shape index (κ1) is 117. The Morgan fingerprint density at radius 1 is 0.554 bits per heavy atom. The molecule has 0 aliphatic carbocycles. The van der Waals surface area contributed by atoms with E-state index in [1.807, 2.05) is 0 Å². The number of anilines is 5. The third-order valence-electron chi connectivity index (χ3n) is 12.6. The van der Waals surface area contributed by atoms with Crippen molar-refractivity contribution in [3.05, 3.63) is 180 Å². The van der Waals surface area contributed by atoms with Crippen LogP contribution in [0.4, 0.5) is 87.1 Å². The molecule has 6 rings (SSSR count). The molecule has 0 aliphatic heterocycles. The maximum Gasteiger partial charge on any atom is 1.00 e. The molecule has 6 aromatic rings. The minimum Gasteiger partial charge on any atom is -0.461 e. The zero-order chi connectivity index (χ0) is 91.7. The van der Waals surface area contributed by atoms with Crippen LogP contribution in [-0.4, -0.2) is 158 Å². The predicted molar refractivity (Wildman–Crippen MR) is 442 cm³/mol. The fourth-order valence-electron chi connectivity index (χ4n) is 7.62. The second kappa shape index (κ2) is 60.2. The number of aryl methyl sites for hydroxylation is 3. The van der Waals surface area contributed by atoms with Gasteiger partial charge in [-0.2, -0.15) is 22.0 Å². The third kappa shape index (κ3) is 52.5. The molecule has 0 bridgehead atoms. The minimum absolute atomic E-state index is 0. The number of aromatic nitrogens is 8. The van der Waals surface area contributed by atoms with Crippen molar-refractivity contribution in [2.45, 2.75) is 203 Å². The number of halogens is 12. The number of terminal acetylenes is 1. The first-order chi connectivity index (χ1) is 55.3. The van der Waals surface area contributed by atoms with Gasteiger partial charge >= 0.3 is 65.9 Å². The Morgan fingerprint density at radius 2 is 0.893 bits per heavy atom. The molecule has 6 heterocycles. The van der Waals surface area contributed by atoms with E-state index < -0.39 is 140 Å². The van der Waals surface area contributed by atoms with E-state index in [1.54, 1.807) is 103 Å². The number of ether oxygens (including phenoxy) is 6. The van der Waals surface area contributed by atoms with Gasteiger partial charge in [0, 0.05) is 77.4 Å². The molecular weight excluding hydrogens is 1840 g/mol. The van der Waals surface area contributed by atoms with Crippen molar-refractivity contribution < 1.29 is 126 Å². The van der Waals surface area contributed by atoms with E-state index in [2.05, 4.69) is 111 Å². The normalized spacial score (nSPS) is 11.3.